The molecule has 0 fully saturated rings. The molecule has 1 aliphatic rings. The van der Waals surface area contributed by atoms with Gasteiger partial charge >= 0.3 is 26.2 Å². The van der Waals surface area contributed by atoms with Gasteiger partial charge in [0.05, 0.1) is 0 Å². The number of benzene rings is 4. The zero-order valence-electron chi connectivity index (χ0n) is 23.5. The first-order chi connectivity index (χ1) is 17.7. The van der Waals surface area contributed by atoms with Crippen LogP contribution in [0.25, 0.3) is 32.7 Å². The van der Waals surface area contributed by atoms with E-state index in [9.17, 15) is 0 Å². The van der Waals surface area contributed by atoms with Crippen molar-refractivity contribution in [2.45, 2.75) is 58.8 Å². The Hall–Kier alpha value is -1.79. The summed E-state index contributed by atoms with van der Waals surface area (Å²) in [5.74, 6) is 1.32. The largest absolute Gasteiger partial charge is 4.00 e. The number of unbranched alkanes of at least 4 members (excludes halogenated alkanes) is 2. The van der Waals surface area contributed by atoms with Crippen molar-refractivity contribution in [3.05, 3.63) is 121 Å². The molecule has 0 saturated heterocycles. The molecular formula is C36H40Cl2Zr. The Labute approximate surface area is 267 Å². The maximum absolute atomic E-state index is 3.60. The Kier molecular flexibility index (Phi) is 16.1. The minimum Gasteiger partial charge on any atom is -1.00 e. The summed E-state index contributed by atoms with van der Waals surface area (Å²) in [5.41, 5.74) is 5.97. The van der Waals surface area contributed by atoms with Gasteiger partial charge in [-0.15, -0.1) is 39.7 Å². The zero-order chi connectivity index (χ0) is 25.3. The van der Waals surface area contributed by atoms with Crippen molar-refractivity contribution in [2.75, 3.05) is 0 Å². The van der Waals surface area contributed by atoms with Gasteiger partial charge in [-0.05, 0) is 34.6 Å². The van der Waals surface area contributed by atoms with Crippen LogP contribution in [-0.4, -0.2) is 0 Å². The second-order valence-corrected chi connectivity index (χ2v) is 9.94. The molecule has 0 heterocycles. The van der Waals surface area contributed by atoms with Crippen LogP contribution in [0.2, 0.25) is 0 Å². The summed E-state index contributed by atoms with van der Waals surface area (Å²) in [5, 5.41) is 5.39. The van der Waals surface area contributed by atoms with E-state index < -0.39 is 0 Å². The van der Waals surface area contributed by atoms with Crippen molar-refractivity contribution in [3.63, 3.8) is 0 Å². The molecule has 0 nitrogen and oxygen atoms in total. The third kappa shape index (κ3) is 8.36. The number of hydrogen-bond acceptors (Lipinski definition) is 0. The normalized spacial score (nSPS) is 11.8. The summed E-state index contributed by atoms with van der Waals surface area (Å²) in [6.45, 7) is 10.4. The van der Waals surface area contributed by atoms with Crippen LogP contribution in [-0.2, 0) is 26.2 Å². The molecule has 0 aliphatic heterocycles. The molecule has 1 unspecified atom stereocenters. The van der Waals surface area contributed by atoms with Gasteiger partial charge in [-0.1, -0.05) is 125 Å². The first kappa shape index (κ1) is 35.2. The molecule has 5 aromatic carbocycles. The minimum absolute atomic E-state index is 0. The Morgan fingerprint density at radius 1 is 0.667 bits per heavy atom. The third-order valence-corrected chi connectivity index (χ3v) is 7.34. The second kappa shape index (κ2) is 17.8. The van der Waals surface area contributed by atoms with E-state index in [0.29, 0.717) is 5.92 Å². The van der Waals surface area contributed by atoms with Crippen LogP contribution in [0.15, 0.2) is 103 Å². The van der Waals surface area contributed by atoms with Gasteiger partial charge < -0.3 is 31.7 Å². The molecular weight excluding hydrogens is 595 g/mol. The van der Waals surface area contributed by atoms with E-state index in [1.54, 1.807) is 0 Å². The smallest absolute Gasteiger partial charge is 1.00 e. The predicted molar refractivity (Wildman–Crippen MR) is 160 cm³/mol. The predicted octanol–water partition coefficient (Wildman–Crippen LogP) is 4.96. The summed E-state index contributed by atoms with van der Waals surface area (Å²) in [6, 6.07) is 37.2. The van der Waals surface area contributed by atoms with Gasteiger partial charge in [0.1, 0.15) is 0 Å². The fourth-order valence-corrected chi connectivity index (χ4v) is 5.40. The Bertz CT molecular complexity index is 1290. The van der Waals surface area contributed by atoms with Crippen LogP contribution >= 0.6 is 0 Å². The maximum Gasteiger partial charge on any atom is 4.00 e. The average molecular weight is 635 g/mol. The van der Waals surface area contributed by atoms with E-state index >= 15 is 0 Å². The van der Waals surface area contributed by atoms with Gasteiger partial charge in [-0.3, -0.25) is 0 Å². The summed E-state index contributed by atoms with van der Waals surface area (Å²) >= 11 is 0. The van der Waals surface area contributed by atoms with E-state index in [-0.39, 0.29) is 51.0 Å². The third-order valence-electron chi connectivity index (χ3n) is 7.34. The van der Waals surface area contributed by atoms with Crippen LogP contribution in [0.1, 0.15) is 69.9 Å². The van der Waals surface area contributed by atoms with Crippen molar-refractivity contribution in [2.24, 2.45) is 5.92 Å². The van der Waals surface area contributed by atoms with Crippen LogP contribution in [0, 0.1) is 12.8 Å². The molecule has 0 amide bonds. The molecule has 39 heavy (non-hydrogen) atoms. The molecule has 3 heteroatoms. The molecule has 0 N–H and O–H groups in total. The van der Waals surface area contributed by atoms with Crippen LogP contribution < -0.4 is 24.8 Å². The van der Waals surface area contributed by atoms with Crippen molar-refractivity contribution >= 4 is 21.5 Å². The van der Waals surface area contributed by atoms with Crippen molar-refractivity contribution in [3.8, 4) is 11.1 Å². The average Bonchev–Trinajstić information content (AvgIpc) is 3.48. The van der Waals surface area contributed by atoms with Crippen LogP contribution in [0.5, 0.6) is 0 Å². The summed E-state index contributed by atoms with van der Waals surface area (Å²) in [4.78, 5) is 0. The Morgan fingerprint density at radius 3 is 1.51 bits per heavy atom. The standard InChI is InChI=1S/C19H22.C13H9.C4H9.2ClH.Zr/c1-3-4-9-14(2)19-17-12-7-5-10-15(17)16-11-6-8-13-18(16)19;1-3-7-12-10(5-1)9-11-6-2-4-8-13(11)12;1-3-4-2;;;/h5-8,10-14,19H,3-4,9H2,1-2H3;1-9H;1,3-4H2,2H3;2*1H;/q;2*-1;;;+4/p-2. The number of rotatable bonds is 5. The van der Waals surface area contributed by atoms with E-state index in [2.05, 4.69) is 131 Å². The molecule has 0 bridgehead atoms. The van der Waals surface area contributed by atoms with Gasteiger partial charge in [-0.25, -0.2) is 0 Å². The molecule has 1 aliphatic carbocycles. The van der Waals surface area contributed by atoms with E-state index in [0.717, 1.165) is 12.3 Å². The second-order valence-electron chi connectivity index (χ2n) is 9.94. The van der Waals surface area contributed by atoms with Crippen molar-refractivity contribution in [1.29, 1.82) is 0 Å². The van der Waals surface area contributed by atoms with Crippen LogP contribution in [0.3, 0.4) is 0 Å². The van der Waals surface area contributed by atoms with Crippen molar-refractivity contribution < 1.29 is 51.0 Å². The zero-order valence-corrected chi connectivity index (χ0v) is 27.4. The molecule has 1 atom stereocenters. The number of hydrogen-bond donors (Lipinski definition) is 0. The molecule has 0 radical (unpaired) electrons. The van der Waals surface area contributed by atoms with Crippen LogP contribution in [0.4, 0.5) is 0 Å². The Balaban J connectivity index is 0.000000334. The van der Waals surface area contributed by atoms with Gasteiger partial charge in [0.2, 0.25) is 0 Å². The number of fused-ring (bicyclic) bond motifs is 6. The van der Waals surface area contributed by atoms with E-state index in [1.807, 2.05) is 0 Å². The monoisotopic (exact) mass is 632 g/mol. The summed E-state index contributed by atoms with van der Waals surface area (Å²) < 4.78 is 0. The van der Waals surface area contributed by atoms with Crippen molar-refractivity contribution in [1.82, 2.24) is 0 Å². The molecule has 0 aromatic heterocycles. The summed E-state index contributed by atoms with van der Waals surface area (Å²) in [7, 11) is 0. The van der Waals surface area contributed by atoms with Gasteiger partial charge in [0.25, 0.3) is 0 Å². The molecule has 0 spiro atoms. The quantitative estimate of drug-likeness (QED) is 0.240. The molecule has 202 valence electrons. The molecule has 6 rings (SSSR count). The fourth-order valence-electron chi connectivity index (χ4n) is 5.40. The minimum atomic E-state index is 0. The van der Waals surface area contributed by atoms with E-state index in [1.165, 1.54) is 69.5 Å². The first-order valence-electron chi connectivity index (χ1n) is 13.7. The fraction of sp³-hybridized carbons (Fsp3) is 0.278. The molecule has 0 saturated carbocycles. The van der Waals surface area contributed by atoms with E-state index in [4.69, 9.17) is 0 Å². The van der Waals surface area contributed by atoms with Gasteiger partial charge in [-0.2, -0.15) is 6.42 Å². The Morgan fingerprint density at radius 2 is 1.08 bits per heavy atom. The SMILES string of the molecule is CCCCC(C)C1c2ccccc2-c2ccccc21.[CH2-]CCC.[Cl-].[Cl-].[Zr+4].c1ccc2c(c1)[cH-]c1ccccc12. The van der Waals surface area contributed by atoms with Gasteiger partial charge in [0.15, 0.2) is 0 Å². The maximum atomic E-state index is 3.60. The number of halogens is 2. The van der Waals surface area contributed by atoms with Gasteiger partial charge in [0, 0.05) is 5.92 Å². The first-order valence-corrected chi connectivity index (χ1v) is 13.7. The summed E-state index contributed by atoms with van der Waals surface area (Å²) in [6.07, 6.45) is 6.23. The molecule has 5 aromatic rings. The topological polar surface area (TPSA) is 0 Å².